The van der Waals surface area contributed by atoms with Crippen molar-refractivity contribution in [1.29, 1.82) is 0 Å². The van der Waals surface area contributed by atoms with Crippen molar-refractivity contribution >= 4 is 22.5 Å². The number of anilines is 1. The summed E-state index contributed by atoms with van der Waals surface area (Å²) in [6.07, 6.45) is 0. The Morgan fingerprint density at radius 1 is 1.38 bits per heavy atom. The number of para-hydroxylation sites is 1. The maximum absolute atomic E-state index is 12.3. The minimum Gasteiger partial charge on any atom is -0.398 e. The molecule has 0 saturated carbocycles. The Morgan fingerprint density at radius 2 is 2.10 bits per heavy atom. The first kappa shape index (κ1) is 15.3. The van der Waals surface area contributed by atoms with Gasteiger partial charge in [-0.25, -0.2) is 4.98 Å². The molecule has 1 amide bonds. The lowest BCUT2D eigenvalue weighted by atomic mass is 10.1. The van der Waals surface area contributed by atoms with E-state index in [1.54, 1.807) is 13.2 Å². The molecular formula is C16H21N3O2. The number of rotatable bonds is 5. The molecule has 0 spiro atoms. The molecule has 0 saturated heterocycles. The van der Waals surface area contributed by atoms with Crippen molar-refractivity contribution in [1.82, 2.24) is 10.3 Å². The predicted octanol–water partition coefficient (Wildman–Crippen LogP) is 2.22. The highest BCUT2D eigenvalue weighted by Gasteiger charge is 2.18. The van der Waals surface area contributed by atoms with Crippen LogP contribution in [0.4, 0.5) is 5.69 Å². The van der Waals surface area contributed by atoms with Crippen LogP contribution in [0.25, 0.3) is 10.9 Å². The van der Waals surface area contributed by atoms with Gasteiger partial charge in [0.2, 0.25) is 0 Å². The largest absolute Gasteiger partial charge is 0.398 e. The van der Waals surface area contributed by atoms with Crippen LogP contribution in [0.2, 0.25) is 0 Å². The van der Waals surface area contributed by atoms with Crippen LogP contribution in [0.3, 0.4) is 0 Å². The molecule has 1 unspecified atom stereocenters. The van der Waals surface area contributed by atoms with Gasteiger partial charge in [-0.3, -0.25) is 4.79 Å². The van der Waals surface area contributed by atoms with Crippen molar-refractivity contribution in [2.24, 2.45) is 5.92 Å². The van der Waals surface area contributed by atoms with Gasteiger partial charge in [-0.15, -0.1) is 0 Å². The normalized spacial score (nSPS) is 12.6. The average Bonchev–Trinajstić information content (AvgIpc) is 2.46. The highest BCUT2D eigenvalue weighted by atomic mass is 16.5. The number of carbonyl (C=O) groups excluding carboxylic acids is 1. The number of pyridine rings is 1. The van der Waals surface area contributed by atoms with Crippen molar-refractivity contribution in [2.75, 3.05) is 19.5 Å². The molecule has 0 aliphatic rings. The number of ether oxygens (including phenoxy) is 1. The Morgan fingerprint density at radius 3 is 2.76 bits per heavy atom. The molecule has 21 heavy (non-hydrogen) atoms. The first-order valence-electron chi connectivity index (χ1n) is 6.98. The van der Waals surface area contributed by atoms with E-state index >= 15 is 0 Å². The number of hydrogen-bond donors (Lipinski definition) is 2. The summed E-state index contributed by atoms with van der Waals surface area (Å²) in [7, 11) is 1.62. The molecule has 5 heteroatoms. The zero-order valence-electron chi connectivity index (χ0n) is 12.6. The number of nitrogens with two attached hydrogens (primary N) is 1. The van der Waals surface area contributed by atoms with E-state index in [0.717, 1.165) is 10.9 Å². The summed E-state index contributed by atoms with van der Waals surface area (Å²) in [5.74, 6) is 0.0370. The van der Waals surface area contributed by atoms with Gasteiger partial charge in [-0.1, -0.05) is 32.0 Å². The summed E-state index contributed by atoms with van der Waals surface area (Å²) < 4.78 is 5.14. The van der Waals surface area contributed by atoms with E-state index in [1.807, 2.05) is 38.1 Å². The lowest BCUT2D eigenvalue weighted by Crippen LogP contribution is -2.42. The van der Waals surface area contributed by atoms with E-state index in [0.29, 0.717) is 18.0 Å². The Hall–Kier alpha value is -2.14. The maximum Gasteiger partial charge on any atom is 0.270 e. The van der Waals surface area contributed by atoms with Gasteiger partial charge in [0.25, 0.3) is 5.91 Å². The van der Waals surface area contributed by atoms with Crippen molar-refractivity contribution < 1.29 is 9.53 Å². The van der Waals surface area contributed by atoms with Crippen molar-refractivity contribution in [3.63, 3.8) is 0 Å². The van der Waals surface area contributed by atoms with Crippen LogP contribution in [-0.4, -0.2) is 30.6 Å². The molecule has 0 aliphatic heterocycles. The molecule has 0 fully saturated rings. The van der Waals surface area contributed by atoms with Crippen molar-refractivity contribution in [3.05, 3.63) is 36.0 Å². The minimum atomic E-state index is -0.233. The maximum atomic E-state index is 12.3. The number of nitrogen functional groups attached to an aromatic ring is 1. The standard InChI is InChI=1S/C16H21N3O2/c1-10(2)15(9-21-3)19-16(20)14-8-12(17)11-6-4-5-7-13(11)18-14/h4-8,10,15H,9H2,1-3H3,(H2,17,18)(H,19,20). The quantitative estimate of drug-likeness (QED) is 0.884. The topological polar surface area (TPSA) is 77.2 Å². The zero-order valence-corrected chi connectivity index (χ0v) is 12.6. The Balaban J connectivity index is 2.27. The van der Waals surface area contributed by atoms with E-state index in [1.165, 1.54) is 0 Å². The van der Waals surface area contributed by atoms with Crippen molar-refractivity contribution in [2.45, 2.75) is 19.9 Å². The molecule has 1 heterocycles. The van der Waals surface area contributed by atoms with E-state index in [4.69, 9.17) is 10.5 Å². The number of carbonyl (C=O) groups is 1. The van der Waals surface area contributed by atoms with Gasteiger partial charge in [-0.2, -0.15) is 0 Å². The van der Waals surface area contributed by atoms with Gasteiger partial charge >= 0.3 is 0 Å². The number of amides is 1. The number of methoxy groups -OCH3 is 1. The van der Waals surface area contributed by atoms with Gasteiger partial charge in [0.15, 0.2) is 0 Å². The number of nitrogens with zero attached hydrogens (tertiary/aromatic N) is 1. The van der Waals surface area contributed by atoms with Crippen LogP contribution in [0, 0.1) is 5.92 Å². The molecule has 112 valence electrons. The highest BCUT2D eigenvalue weighted by Crippen LogP contribution is 2.20. The molecule has 3 N–H and O–H groups in total. The SMILES string of the molecule is COCC(NC(=O)c1cc(N)c2ccccc2n1)C(C)C. The van der Waals surface area contributed by atoms with Crippen LogP contribution >= 0.6 is 0 Å². The molecule has 0 aliphatic carbocycles. The summed E-state index contributed by atoms with van der Waals surface area (Å²) in [6, 6.07) is 9.06. The highest BCUT2D eigenvalue weighted by molar-refractivity contribution is 5.99. The first-order chi connectivity index (χ1) is 10.0. The van der Waals surface area contributed by atoms with Gasteiger partial charge in [0.05, 0.1) is 18.2 Å². The fraction of sp³-hybridized carbons (Fsp3) is 0.375. The van der Waals surface area contributed by atoms with E-state index < -0.39 is 0 Å². The number of nitrogens with one attached hydrogen (secondary N) is 1. The van der Waals surface area contributed by atoms with Crippen molar-refractivity contribution in [3.8, 4) is 0 Å². The lowest BCUT2D eigenvalue weighted by molar-refractivity contribution is 0.0862. The molecule has 5 nitrogen and oxygen atoms in total. The molecule has 1 aromatic carbocycles. The van der Waals surface area contributed by atoms with Gasteiger partial charge in [0.1, 0.15) is 5.69 Å². The fourth-order valence-electron chi connectivity index (χ4n) is 2.14. The van der Waals surface area contributed by atoms with Crippen LogP contribution in [0.1, 0.15) is 24.3 Å². The Kier molecular flexibility index (Phi) is 4.75. The van der Waals surface area contributed by atoms with E-state index in [2.05, 4.69) is 10.3 Å². The smallest absolute Gasteiger partial charge is 0.270 e. The molecule has 0 bridgehead atoms. The molecular weight excluding hydrogens is 266 g/mol. The summed E-state index contributed by atoms with van der Waals surface area (Å²) in [4.78, 5) is 16.7. The summed E-state index contributed by atoms with van der Waals surface area (Å²) in [5.41, 5.74) is 7.60. The van der Waals surface area contributed by atoms with Crippen LogP contribution < -0.4 is 11.1 Å². The Labute approximate surface area is 124 Å². The average molecular weight is 287 g/mol. The van der Waals surface area contributed by atoms with E-state index in [9.17, 15) is 4.79 Å². The summed E-state index contributed by atoms with van der Waals surface area (Å²) in [6.45, 7) is 4.53. The van der Waals surface area contributed by atoms with Crippen LogP contribution in [0.5, 0.6) is 0 Å². The minimum absolute atomic E-state index is 0.0583. The number of benzene rings is 1. The summed E-state index contributed by atoms with van der Waals surface area (Å²) in [5, 5.41) is 3.80. The van der Waals surface area contributed by atoms with Crippen LogP contribution in [-0.2, 0) is 4.74 Å². The second kappa shape index (κ2) is 6.54. The Bertz CT molecular complexity index is 640. The third-order valence-corrected chi connectivity index (χ3v) is 3.45. The summed E-state index contributed by atoms with van der Waals surface area (Å²) >= 11 is 0. The number of hydrogen-bond acceptors (Lipinski definition) is 4. The third-order valence-electron chi connectivity index (χ3n) is 3.45. The van der Waals surface area contributed by atoms with Gasteiger partial charge < -0.3 is 15.8 Å². The van der Waals surface area contributed by atoms with Crippen LogP contribution in [0.15, 0.2) is 30.3 Å². The monoisotopic (exact) mass is 287 g/mol. The number of aromatic nitrogens is 1. The lowest BCUT2D eigenvalue weighted by Gasteiger charge is -2.21. The first-order valence-corrected chi connectivity index (χ1v) is 6.98. The third kappa shape index (κ3) is 3.49. The fourth-order valence-corrected chi connectivity index (χ4v) is 2.14. The molecule has 2 aromatic rings. The molecule has 1 aromatic heterocycles. The molecule has 2 rings (SSSR count). The molecule has 1 atom stereocenters. The van der Waals surface area contributed by atoms with E-state index in [-0.39, 0.29) is 17.9 Å². The van der Waals surface area contributed by atoms with Gasteiger partial charge in [-0.05, 0) is 18.1 Å². The second-order valence-electron chi connectivity index (χ2n) is 5.39. The predicted molar refractivity (Wildman–Crippen MR) is 84.1 cm³/mol. The molecule has 0 radical (unpaired) electrons. The number of fused-ring (bicyclic) bond motifs is 1. The zero-order chi connectivity index (χ0) is 15.4. The second-order valence-corrected chi connectivity index (χ2v) is 5.39. The van der Waals surface area contributed by atoms with Gasteiger partial charge in [0, 0.05) is 18.2 Å².